The van der Waals surface area contributed by atoms with Crippen LogP contribution in [0.1, 0.15) is 27.9 Å². The van der Waals surface area contributed by atoms with E-state index in [1.54, 1.807) is 12.1 Å². The third-order valence-electron chi connectivity index (χ3n) is 2.86. The molecule has 1 aliphatic rings. The van der Waals surface area contributed by atoms with E-state index in [0.717, 1.165) is 30.4 Å². The lowest BCUT2D eigenvalue weighted by molar-refractivity contribution is 0.0696. The first-order valence-corrected chi connectivity index (χ1v) is 4.95. The van der Waals surface area contributed by atoms with Gasteiger partial charge in [0.25, 0.3) is 0 Å². The molecule has 0 radical (unpaired) electrons. The largest absolute Gasteiger partial charge is 0.478 e. The van der Waals surface area contributed by atoms with E-state index < -0.39 is 5.97 Å². The summed E-state index contributed by atoms with van der Waals surface area (Å²) >= 11 is 0. The van der Waals surface area contributed by atoms with Gasteiger partial charge in [-0.3, -0.25) is 0 Å². The summed E-state index contributed by atoms with van der Waals surface area (Å²) in [7, 11) is 0. The fourth-order valence-electron chi connectivity index (χ4n) is 2.00. The van der Waals surface area contributed by atoms with E-state index in [0.29, 0.717) is 5.56 Å². The van der Waals surface area contributed by atoms with E-state index in [-0.39, 0.29) is 5.92 Å². The van der Waals surface area contributed by atoms with Crippen LogP contribution in [-0.4, -0.2) is 11.1 Å². The average molecular weight is 201 g/mol. The van der Waals surface area contributed by atoms with E-state index >= 15 is 0 Å². The van der Waals surface area contributed by atoms with Gasteiger partial charge in [-0.15, -0.1) is 0 Å². The van der Waals surface area contributed by atoms with Gasteiger partial charge in [0, 0.05) is 0 Å². The zero-order valence-corrected chi connectivity index (χ0v) is 8.23. The Morgan fingerprint density at radius 2 is 2.27 bits per heavy atom. The summed E-state index contributed by atoms with van der Waals surface area (Å²) in [6.45, 7) is 0. The Balaban J connectivity index is 2.33. The lowest BCUT2D eigenvalue weighted by Crippen LogP contribution is -2.13. The number of hydrogen-bond donors (Lipinski definition) is 1. The number of carboxylic acid groups (broad SMARTS) is 1. The predicted molar refractivity (Wildman–Crippen MR) is 54.5 cm³/mol. The van der Waals surface area contributed by atoms with Crippen molar-refractivity contribution < 1.29 is 9.90 Å². The molecule has 0 bridgehead atoms. The van der Waals surface area contributed by atoms with Crippen LogP contribution in [0.3, 0.4) is 0 Å². The van der Waals surface area contributed by atoms with Gasteiger partial charge in [-0.25, -0.2) is 4.79 Å². The molecule has 3 heteroatoms. The van der Waals surface area contributed by atoms with E-state index in [1.807, 2.05) is 6.07 Å². The predicted octanol–water partition coefficient (Wildman–Crippen LogP) is 2.01. The van der Waals surface area contributed by atoms with Gasteiger partial charge in [-0.2, -0.15) is 5.26 Å². The Morgan fingerprint density at radius 1 is 1.47 bits per heavy atom. The van der Waals surface area contributed by atoms with Crippen molar-refractivity contribution in [1.82, 2.24) is 0 Å². The molecule has 76 valence electrons. The molecule has 0 aliphatic heterocycles. The molecule has 1 atom stereocenters. The summed E-state index contributed by atoms with van der Waals surface area (Å²) in [4.78, 5) is 10.8. The van der Waals surface area contributed by atoms with Gasteiger partial charge in [0.15, 0.2) is 0 Å². The van der Waals surface area contributed by atoms with Gasteiger partial charge in [0.1, 0.15) is 0 Å². The lowest BCUT2D eigenvalue weighted by Gasteiger charge is -2.19. The molecule has 0 amide bonds. The summed E-state index contributed by atoms with van der Waals surface area (Å²) < 4.78 is 0. The van der Waals surface area contributed by atoms with Crippen LogP contribution >= 0.6 is 0 Å². The number of carboxylic acids is 1. The first-order valence-electron chi connectivity index (χ1n) is 4.95. The molecule has 1 aromatic rings. The third kappa shape index (κ3) is 1.84. The number of hydrogen-bond acceptors (Lipinski definition) is 2. The maximum absolute atomic E-state index is 10.8. The van der Waals surface area contributed by atoms with Gasteiger partial charge in [0.05, 0.1) is 17.6 Å². The standard InChI is InChI=1S/C12H11NO2/c13-7-8-1-2-10-6-11(12(14)15)4-3-9(10)5-8/h3-4,6,8H,1-2,5H2,(H,14,15). The fraction of sp³-hybridized carbons (Fsp3) is 0.333. The molecule has 1 N–H and O–H groups in total. The molecule has 1 aliphatic carbocycles. The second-order valence-electron chi connectivity index (χ2n) is 3.86. The number of fused-ring (bicyclic) bond motifs is 1. The van der Waals surface area contributed by atoms with Crippen LogP contribution in [-0.2, 0) is 12.8 Å². The van der Waals surface area contributed by atoms with E-state index in [4.69, 9.17) is 10.4 Å². The Labute approximate surface area is 88.0 Å². The molecule has 2 rings (SSSR count). The molecule has 0 saturated heterocycles. The highest BCUT2D eigenvalue weighted by Gasteiger charge is 2.19. The number of rotatable bonds is 1. The highest BCUT2D eigenvalue weighted by Crippen LogP contribution is 2.25. The fourth-order valence-corrected chi connectivity index (χ4v) is 2.00. The summed E-state index contributed by atoms with van der Waals surface area (Å²) in [6.07, 6.45) is 2.41. The molecule has 0 fully saturated rings. The van der Waals surface area contributed by atoms with Crippen molar-refractivity contribution in [2.75, 3.05) is 0 Å². The van der Waals surface area contributed by atoms with Crippen LogP contribution in [0.2, 0.25) is 0 Å². The van der Waals surface area contributed by atoms with Gasteiger partial charge in [-0.05, 0) is 42.5 Å². The smallest absolute Gasteiger partial charge is 0.335 e. The van der Waals surface area contributed by atoms with Crippen LogP contribution in [0.5, 0.6) is 0 Å². The topological polar surface area (TPSA) is 61.1 Å². The van der Waals surface area contributed by atoms with Crippen LogP contribution in [0.25, 0.3) is 0 Å². The minimum Gasteiger partial charge on any atom is -0.478 e. The second kappa shape index (κ2) is 3.74. The van der Waals surface area contributed by atoms with Crippen LogP contribution in [0.4, 0.5) is 0 Å². The van der Waals surface area contributed by atoms with Crippen LogP contribution in [0.15, 0.2) is 18.2 Å². The Morgan fingerprint density at radius 3 is 2.93 bits per heavy atom. The first-order chi connectivity index (χ1) is 7.20. The van der Waals surface area contributed by atoms with Crippen molar-refractivity contribution in [1.29, 1.82) is 5.26 Å². The van der Waals surface area contributed by atoms with Crippen LogP contribution in [0, 0.1) is 17.2 Å². The molecular formula is C12H11NO2. The molecular weight excluding hydrogens is 190 g/mol. The molecule has 1 aromatic carbocycles. The normalized spacial score (nSPS) is 19.0. The summed E-state index contributed by atoms with van der Waals surface area (Å²) in [5.41, 5.74) is 2.54. The van der Waals surface area contributed by atoms with Crippen molar-refractivity contribution >= 4 is 5.97 Å². The van der Waals surface area contributed by atoms with Crippen molar-refractivity contribution in [3.8, 4) is 6.07 Å². The Kier molecular flexibility index (Phi) is 2.42. The van der Waals surface area contributed by atoms with E-state index in [9.17, 15) is 4.79 Å². The van der Waals surface area contributed by atoms with Crippen molar-refractivity contribution in [3.05, 3.63) is 34.9 Å². The van der Waals surface area contributed by atoms with Crippen molar-refractivity contribution in [2.24, 2.45) is 5.92 Å². The van der Waals surface area contributed by atoms with Gasteiger partial charge in [0.2, 0.25) is 0 Å². The molecule has 15 heavy (non-hydrogen) atoms. The highest BCUT2D eigenvalue weighted by atomic mass is 16.4. The maximum Gasteiger partial charge on any atom is 0.335 e. The van der Waals surface area contributed by atoms with Gasteiger partial charge < -0.3 is 5.11 Å². The van der Waals surface area contributed by atoms with E-state index in [2.05, 4.69) is 6.07 Å². The van der Waals surface area contributed by atoms with Crippen molar-refractivity contribution in [2.45, 2.75) is 19.3 Å². The molecule has 0 heterocycles. The number of benzene rings is 1. The Hall–Kier alpha value is -1.82. The molecule has 0 aromatic heterocycles. The SMILES string of the molecule is N#CC1CCc2cc(C(=O)O)ccc2C1. The first kappa shape index (κ1) is 9.72. The minimum atomic E-state index is -0.889. The zero-order chi connectivity index (χ0) is 10.8. The quantitative estimate of drug-likeness (QED) is 0.756. The minimum absolute atomic E-state index is 0.0909. The van der Waals surface area contributed by atoms with E-state index in [1.165, 1.54) is 0 Å². The number of carbonyl (C=O) groups is 1. The highest BCUT2D eigenvalue weighted by molar-refractivity contribution is 5.87. The number of aromatic carboxylic acids is 1. The summed E-state index contributed by atoms with van der Waals surface area (Å²) in [5.74, 6) is -0.798. The third-order valence-corrected chi connectivity index (χ3v) is 2.86. The number of nitrogens with zero attached hydrogens (tertiary/aromatic N) is 1. The average Bonchev–Trinajstić information content (AvgIpc) is 2.27. The van der Waals surface area contributed by atoms with Crippen LogP contribution < -0.4 is 0 Å². The molecule has 0 spiro atoms. The number of nitriles is 1. The Bertz CT molecular complexity index is 445. The van der Waals surface area contributed by atoms with Gasteiger partial charge in [-0.1, -0.05) is 6.07 Å². The molecule has 3 nitrogen and oxygen atoms in total. The summed E-state index contributed by atoms with van der Waals surface area (Å²) in [6, 6.07) is 7.44. The maximum atomic E-state index is 10.8. The number of aryl methyl sites for hydroxylation is 1. The van der Waals surface area contributed by atoms with Crippen molar-refractivity contribution in [3.63, 3.8) is 0 Å². The molecule has 0 saturated carbocycles. The molecule has 1 unspecified atom stereocenters. The zero-order valence-electron chi connectivity index (χ0n) is 8.23. The summed E-state index contributed by atoms with van der Waals surface area (Å²) in [5, 5.41) is 17.6. The second-order valence-corrected chi connectivity index (χ2v) is 3.86. The monoisotopic (exact) mass is 201 g/mol. The lowest BCUT2D eigenvalue weighted by atomic mass is 9.84. The van der Waals surface area contributed by atoms with Gasteiger partial charge >= 0.3 is 5.97 Å².